The summed E-state index contributed by atoms with van der Waals surface area (Å²) in [6.07, 6.45) is 4.93. The molecule has 5 aromatic rings. The van der Waals surface area contributed by atoms with Gasteiger partial charge >= 0.3 is 5.97 Å². The van der Waals surface area contributed by atoms with Gasteiger partial charge in [0, 0.05) is 23.8 Å². The van der Waals surface area contributed by atoms with Crippen molar-refractivity contribution in [1.29, 1.82) is 0 Å². The molecule has 0 saturated heterocycles. The number of aromatic carboxylic acids is 1. The normalized spacial score (nSPS) is 11.1. The summed E-state index contributed by atoms with van der Waals surface area (Å²) >= 11 is 0. The van der Waals surface area contributed by atoms with Gasteiger partial charge in [-0.3, -0.25) is 0 Å². The first-order chi connectivity index (χ1) is 17.4. The molecule has 7 nitrogen and oxygen atoms in total. The first-order valence-electron chi connectivity index (χ1n) is 11.0. The molecule has 0 saturated carbocycles. The smallest absolute Gasteiger partial charge is 0.337 e. The number of nitrogens with zero attached hydrogens (tertiary/aromatic N) is 2. The molecule has 36 heavy (non-hydrogen) atoms. The predicted molar refractivity (Wildman–Crippen MR) is 135 cm³/mol. The molecule has 0 unspecified atom stereocenters. The highest BCUT2D eigenvalue weighted by molar-refractivity contribution is 7.89. The van der Waals surface area contributed by atoms with Gasteiger partial charge in [0.15, 0.2) is 0 Å². The number of hydrogen-bond donors (Lipinski definition) is 1. The van der Waals surface area contributed by atoms with E-state index in [2.05, 4.69) is 12.0 Å². The molecule has 0 aliphatic rings. The van der Waals surface area contributed by atoms with Crippen LogP contribution in [0, 0.1) is 12.0 Å². The molecule has 0 radical (unpaired) electrons. The monoisotopic (exact) mass is 496 g/mol. The summed E-state index contributed by atoms with van der Waals surface area (Å²) < 4.78 is 35.5. The average molecular weight is 497 g/mol. The highest BCUT2D eigenvalue weighted by atomic mass is 32.2. The number of carbonyl (C=O) groups is 1. The van der Waals surface area contributed by atoms with Crippen LogP contribution in [0.3, 0.4) is 0 Å². The van der Waals surface area contributed by atoms with E-state index >= 15 is 0 Å². The minimum Gasteiger partial charge on any atom is -0.478 e. The van der Waals surface area contributed by atoms with Gasteiger partial charge in [-0.2, -0.15) is 0 Å². The lowest BCUT2D eigenvalue weighted by atomic mass is 10.1. The van der Waals surface area contributed by atoms with Crippen LogP contribution in [-0.2, 0) is 16.6 Å². The Morgan fingerprint density at radius 3 is 2.47 bits per heavy atom. The molecule has 178 valence electrons. The summed E-state index contributed by atoms with van der Waals surface area (Å²) in [6, 6.07) is 26.6. The fourth-order valence-electron chi connectivity index (χ4n) is 3.87. The van der Waals surface area contributed by atoms with Crippen molar-refractivity contribution < 1.29 is 22.7 Å². The van der Waals surface area contributed by atoms with Crippen molar-refractivity contribution >= 4 is 27.0 Å². The molecule has 0 spiro atoms. The van der Waals surface area contributed by atoms with E-state index in [1.807, 2.05) is 30.3 Å². The number of sulfonamides is 1. The van der Waals surface area contributed by atoms with Crippen LogP contribution in [-0.4, -0.2) is 28.4 Å². The van der Waals surface area contributed by atoms with Crippen LogP contribution in [0.4, 0.5) is 0 Å². The summed E-state index contributed by atoms with van der Waals surface area (Å²) in [6.45, 7) is 0.0110. The predicted octanol–water partition coefficient (Wildman–Crippen LogP) is 5.12. The van der Waals surface area contributed by atoms with Crippen molar-refractivity contribution in [2.75, 3.05) is 0 Å². The fourth-order valence-corrected chi connectivity index (χ4v) is 5.12. The lowest BCUT2D eigenvalue weighted by molar-refractivity contribution is 0.0697. The lowest BCUT2D eigenvalue weighted by Crippen LogP contribution is -2.26. The Bertz CT molecular complexity index is 1710. The second-order valence-electron chi connectivity index (χ2n) is 7.95. The zero-order chi connectivity index (χ0) is 25.1. The van der Waals surface area contributed by atoms with Crippen molar-refractivity contribution in [3.8, 4) is 17.7 Å². The Kier molecular flexibility index (Phi) is 6.07. The maximum atomic E-state index is 13.7. The van der Waals surface area contributed by atoms with Gasteiger partial charge in [-0.25, -0.2) is 17.5 Å². The van der Waals surface area contributed by atoms with Crippen molar-refractivity contribution in [2.45, 2.75) is 11.4 Å². The van der Waals surface area contributed by atoms with Gasteiger partial charge < -0.3 is 14.1 Å². The van der Waals surface area contributed by atoms with E-state index in [-0.39, 0.29) is 17.0 Å². The van der Waals surface area contributed by atoms with E-state index in [0.717, 1.165) is 9.87 Å². The maximum Gasteiger partial charge on any atom is 0.337 e. The molecular formula is C28H20N2O5S. The van der Waals surface area contributed by atoms with Crippen LogP contribution in [0.25, 0.3) is 16.7 Å². The molecule has 0 fully saturated rings. The Morgan fingerprint density at radius 2 is 1.72 bits per heavy atom. The van der Waals surface area contributed by atoms with Crippen LogP contribution < -0.4 is 0 Å². The molecule has 0 bridgehead atoms. The first-order valence-corrected chi connectivity index (χ1v) is 12.4. The molecular weight excluding hydrogens is 476 g/mol. The van der Waals surface area contributed by atoms with E-state index in [1.165, 1.54) is 18.4 Å². The van der Waals surface area contributed by atoms with Gasteiger partial charge in [-0.1, -0.05) is 36.4 Å². The fraction of sp³-hybridized carbons (Fsp3) is 0.0357. The summed E-state index contributed by atoms with van der Waals surface area (Å²) in [5.41, 5.74) is 2.13. The molecule has 2 heterocycles. The van der Waals surface area contributed by atoms with Crippen molar-refractivity contribution in [2.24, 2.45) is 0 Å². The topological polar surface area (TPSA) is 92.8 Å². The van der Waals surface area contributed by atoms with Gasteiger partial charge in [0.05, 0.1) is 34.5 Å². The second-order valence-corrected chi connectivity index (χ2v) is 9.81. The lowest BCUT2D eigenvalue weighted by Gasteiger charge is -2.18. The molecule has 1 N–H and O–H groups in total. The van der Waals surface area contributed by atoms with E-state index in [0.29, 0.717) is 22.2 Å². The average Bonchev–Trinajstić information content (AvgIpc) is 3.58. The molecule has 0 aliphatic heterocycles. The zero-order valence-corrected chi connectivity index (χ0v) is 19.7. The van der Waals surface area contributed by atoms with Crippen LogP contribution in [0.15, 0.2) is 113 Å². The van der Waals surface area contributed by atoms with Gasteiger partial charge in [-0.15, -0.1) is 0 Å². The number of aromatic nitrogens is 1. The quantitative estimate of drug-likeness (QED) is 0.260. The number of fused-ring (bicyclic) bond motifs is 1. The SMILES string of the molecule is O=C(O)c1cccc(C#CN(Cc2ccccc2)S(=O)(=O)c2ccc3occc3c2)c1-n1cccc1. The van der Waals surface area contributed by atoms with Gasteiger partial charge in [-0.05, 0) is 60.0 Å². The third kappa shape index (κ3) is 4.48. The number of furan rings is 1. The number of para-hydroxylation sites is 1. The number of hydrogen-bond acceptors (Lipinski definition) is 4. The largest absolute Gasteiger partial charge is 0.478 e. The minimum atomic E-state index is -4.04. The molecule has 0 atom stereocenters. The summed E-state index contributed by atoms with van der Waals surface area (Å²) in [5, 5.41) is 10.4. The van der Waals surface area contributed by atoms with E-state index < -0.39 is 16.0 Å². The molecule has 2 aromatic heterocycles. The van der Waals surface area contributed by atoms with E-state index in [1.54, 1.807) is 59.4 Å². The van der Waals surface area contributed by atoms with Crippen molar-refractivity contribution in [1.82, 2.24) is 8.87 Å². The summed E-state index contributed by atoms with van der Waals surface area (Å²) in [4.78, 5) is 12.0. The van der Waals surface area contributed by atoms with Gasteiger partial charge in [0.25, 0.3) is 10.0 Å². The third-order valence-corrected chi connectivity index (χ3v) is 7.28. The number of benzene rings is 3. The van der Waals surface area contributed by atoms with Crippen molar-refractivity contribution in [3.63, 3.8) is 0 Å². The standard InChI is InChI=1S/C28H20N2O5S/c31-28(32)25-10-6-9-22(27(25)29-15-4-5-16-29)13-17-30(20-21-7-2-1-3-8-21)36(33,34)24-11-12-26-23(19-24)14-18-35-26/h1-12,14-16,18-19H,20H2,(H,31,32). The van der Waals surface area contributed by atoms with Crippen LogP contribution in [0.5, 0.6) is 0 Å². The van der Waals surface area contributed by atoms with Crippen LogP contribution in [0.2, 0.25) is 0 Å². The molecule has 3 aromatic carbocycles. The Morgan fingerprint density at radius 1 is 0.944 bits per heavy atom. The first kappa shape index (κ1) is 23.0. The summed E-state index contributed by atoms with van der Waals surface area (Å²) in [7, 11) is -4.04. The Balaban J connectivity index is 1.63. The Labute approximate surface area is 207 Å². The molecule has 8 heteroatoms. The van der Waals surface area contributed by atoms with Crippen LogP contribution in [0.1, 0.15) is 21.5 Å². The van der Waals surface area contributed by atoms with Crippen LogP contribution >= 0.6 is 0 Å². The molecule has 5 rings (SSSR count). The number of rotatable bonds is 6. The zero-order valence-electron chi connectivity index (χ0n) is 18.9. The third-order valence-electron chi connectivity index (χ3n) is 5.63. The highest BCUT2D eigenvalue weighted by Gasteiger charge is 2.24. The van der Waals surface area contributed by atoms with Gasteiger partial charge in [0.1, 0.15) is 5.58 Å². The highest BCUT2D eigenvalue weighted by Crippen LogP contribution is 2.24. The van der Waals surface area contributed by atoms with Crippen molar-refractivity contribution in [3.05, 3.63) is 120 Å². The number of carboxylic acid groups (broad SMARTS) is 1. The molecule has 0 aliphatic carbocycles. The number of carboxylic acids is 1. The second kappa shape index (κ2) is 9.49. The maximum absolute atomic E-state index is 13.7. The Hall–Kier alpha value is -4.74. The van der Waals surface area contributed by atoms with E-state index in [9.17, 15) is 18.3 Å². The molecule has 0 amide bonds. The van der Waals surface area contributed by atoms with Gasteiger partial charge in [0.2, 0.25) is 0 Å². The summed E-state index contributed by atoms with van der Waals surface area (Å²) in [5.74, 6) is 1.81. The van der Waals surface area contributed by atoms with E-state index in [4.69, 9.17) is 4.42 Å². The minimum absolute atomic E-state index is 0.0110.